The molecule has 0 heterocycles. The molecule has 5 nitrogen and oxygen atoms in total. The average molecular weight is 430 g/mol. The van der Waals surface area contributed by atoms with E-state index in [0.29, 0.717) is 13.0 Å². The predicted molar refractivity (Wildman–Crippen MR) is 126 cm³/mol. The summed E-state index contributed by atoms with van der Waals surface area (Å²) in [5.41, 5.74) is 5.27. The minimum absolute atomic E-state index is 0.164. The van der Waals surface area contributed by atoms with Gasteiger partial charge in [-0.1, -0.05) is 72.8 Å². The van der Waals surface area contributed by atoms with E-state index in [2.05, 4.69) is 29.6 Å². The maximum Gasteiger partial charge on any atom is 0.396 e. The van der Waals surface area contributed by atoms with Crippen LogP contribution in [-0.2, 0) is 14.3 Å². The second-order valence-electron chi connectivity index (χ2n) is 7.04. The number of carbonyl (C=O) groups is 2. The molecular formula is C27H27NO4. The van der Waals surface area contributed by atoms with E-state index in [1.165, 1.54) is 0 Å². The molecule has 0 saturated carbocycles. The second kappa shape index (κ2) is 11.5. The van der Waals surface area contributed by atoms with Crippen LogP contribution in [0.3, 0.4) is 0 Å². The predicted octanol–water partition coefficient (Wildman–Crippen LogP) is 4.72. The fraction of sp³-hybridized carbons (Fsp3) is 0.185. The van der Waals surface area contributed by atoms with Gasteiger partial charge in [-0.25, -0.2) is 4.79 Å². The lowest BCUT2D eigenvalue weighted by Crippen LogP contribution is -2.33. The number of carbonyl (C=O) groups excluding carboxylic acids is 2. The molecule has 3 rings (SSSR count). The highest BCUT2D eigenvalue weighted by atomic mass is 16.5. The van der Waals surface area contributed by atoms with Crippen LogP contribution in [0, 0.1) is 0 Å². The van der Waals surface area contributed by atoms with Crippen LogP contribution in [-0.4, -0.2) is 32.1 Å². The largest absolute Gasteiger partial charge is 0.497 e. The third-order valence-electron chi connectivity index (χ3n) is 4.99. The number of hydrogen-bond donors (Lipinski definition) is 1. The molecule has 0 saturated heterocycles. The highest BCUT2D eigenvalue weighted by Crippen LogP contribution is 2.34. The molecule has 0 aliphatic carbocycles. The van der Waals surface area contributed by atoms with Gasteiger partial charge in [-0.05, 0) is 53.3 Å². The molecule has 1 amide bonds. The van der Waals surface area contributed by atoms with Crippen molar-refractivity contribution in [3.63, 3.8) is 0 Å². The summed E-state index contributed by atoms with van der Waals surface area (Å²) in [6.07, 6.45) is 0.533. The molecule has 32 heavy (non-hydrogen) atoms. The highest BCUT2D eigenvalue weighted by molar-refractivity contribution is 6.32. The standard InChI is InChI=1S/C27H27NO4/c1-3-32-27(30)26(29)28-19-18-24(20-10-6-4-7-11-20)25(21-12-8-5-9-13-21)22-14-16-23(31-2)17-15-22/h4-17H,3,18-19H2,1-2H3,(H,28,29)/b25-24-. The fourth-order valence-corrected chi connectivity index (χ4v) is 3.50. The van der Waals surface area contributed by atoms with Gasteiger partial charge < -0.3 is 14.8 Å². The second-order valence-corrected chi connectivity index (χ2v) is 7.04. The zero-order chi connectivity index (χ0) is 22.8. The lowest BCUT2D eigenvalue weighted by Gasteiger charge is -2.18. The van der Waals surface area contributed by atoms with Crippen molar-refractivity contribution in [1.29, 1.82) is 0 Å². The van der Waals surface area contributed by atoms with E-state index in [1.807, 2.05) is 60.7 Å². The SMILES string of the molecule is CCOC(=O)C(=O)NCC/C(=C(\c1ccccc1)c1ccc(OC)cc1)c1ccccc1. The van der Waals surface area contributed by atoms with E-state index in [-0.39, 0.29) is 6.61 Å². The summed E-state index contributed by atoms with van der Waals surface area (Å²) in [6, 6.07) is 28.1. The third-order valence-corrected chi connectivity index (χ3v) is 4.99. The average Bonchev–Trinajstić information content (AvgIpc) is 2.85. The van der Waals surface area contributed by atoms with E-state index in [9.17, 15) is 9.59 Å². The van der Waals surface area contributed by atoms with Gasteiger partial charge in [0.15, 0.2) is 0 Å². The Balaban J connectivity index is 2.04. The summed E-state index contributed by atoms with van der Waals surface area (Å²) >= 11 is 0. The molecule has 0 aromatic heterocycles. The number of ether oxygens (including phenoxy) is 2. The Morgan fingerprint density at radius 2 is 1.34 bits per heavy atom. The van der Waals surface area contributed by atoms with Crippen molar-refractivity contribution in [2.75, 3.05) is 20.3 Å². The summed E-state index contributed by atoms with van der Waals surface area (Å²) < 4.78 is 10.1. The normalized spacial score (nSPS) is 11.3. The maximum atomic E-state index is 12.0. The van der Waals surface area contributed by atoms with Crippen LogP contribution in [0.25, 0.3) is 11.1 Å². The van der Waals surface area contributed by atoms with Gasteiger partial charge in [-0.3, -0.25) is 4.79 Å². The van der Waals surface area contributed by atoms with Crippen LogP contribution in [0.15, 0.2) is 84.9 Å². The van der Waals surface area contributed by atoms with Crippen LogP contribution in [0.1, 0.15) is 30.0 Å². The van der Waals surface area contributed by atoms with Gasteiger partial charge in [0.05, 0.1) is 13.7 Å². The van der Waals surface area contributed by atoms with Crippen molar-refractivity contribution in [1.82, 2.24) is 5.32 Å². The molecule has 0 spiro atoms. The third kappa shape index (κ3) is 5.85. The van der Waals surface area contributed by atoms with Crippen molar-refractivity contribution in [3.05, 3.63) is 102 Å². The van der Waals surface area contributed by atoms with Crippen molar-refractivity contribution < 1.29 is 19.1 Å². The molecule has 0 aliphatic rings. The molecule has 5 heteroatoms. The molecular weight excluding hydrogens is 402 g/mol. The fourth-order valence-electron chi connectivity index (χ4n) is 3.50. The number of benzene rings is 3. The van der Waals surface area contributed by atoms with Gasteiger partial charge >= 0.3 is 11.9 Å². The Kier molecular flexibility index (Phi) is 8.21. The van der Waals surface area contributed by atoms with Crippen molar-refractivity contribution in [2.24, 2.45) is 0 Å². The van der Waals surface area contributed by atoms with Gasteiger partial charge in [0.25, 0.3) is 0 Å². The summed E-state index contributed by atoms with van der Waals surface area (Å²) in [7, 11) is 1.64. The van der Waals surface area contributed by atoms with Crippen molar-refractivity contribution in [2.45, 2.75) is 13.3 Å². The quantitative estimate of drug-likeness (QED) is 0.320. The van der Waals surface area contributed by atoms with E-state index in [0.717, 1.165) is 33.6 Å². The van der Waals surface area contributed by atoms with Crippen LogP contribution < -0.4 is 10.1 Å². The Morgan fingerprint density at radius 3 is 1.91 bits per heavy atom. The minimum atomic E-state index is -0.865. The van der Waals surface area contributed by atoms with E-state index in [4.69, 9.17) is 9.47 Å². The van der Waals surface area contributed by atoms with E-state index in [1.54, 1.807) is 14.0 Å². The molecule has 0 fully saturated rings. The molecule has 0 unspecified atom stereocenters. The van der Waals surface area contributed by atoms with Crippen molar-refractivity contribution >= 4 is 23.0 Å². The zero-order valence-electron chi connectivity index (χ0n) is 18.3. The maximum absolute atomic E-state index is 12.0. The number of hydrogen-bond acceptors (Lipinski definition) is 4. The minimum Gasteiger partial charge on any atom is -0.497 e. The molecule has 3 aromatic rings. The summed E-state index contributed by atoms with van der Waals surface area (Å²) in [5.74, 6) is -0.815. The lowest BCUT2D eigenvalue weighted by molar-refractivity contribution is -0.154. The first-order chi connectivity index (χ1) is 15.6. The Hall–Kier alpha value is -3.86. The topological polar surface area (TPSA) is 64.6 Å². The Bertz CT molecular complexity index is 1060. The summed E-state index contributed by atoms with van der Waals surface area (Å²) in [6.45, 7) is 2.13. The van der Waals surface area contributed by atoms with Gasteiger partial charge in [0.2, 0.25) is 0 Å². The van der Waals surface area contributed by atoms with Crippen molar-refractivity contribution in [3.8, 4) is 5.75 Å². The molecule has 164 valence electrons. The molecule has 0 aliphatic heterocycles. The molecule has 0 atom stereocenters. The number of nitrogens with one attached hydrogen (secondary N) is 1. The van der Waals surface area contributed by atoms with Crippen LogP contribution in [0.2, 0.25) is 0 Å². The smallest absolute Gasteiger partial charge is 0.396 e. The molecule has 3 aromatic carbocycles. The first-order valence-electron chi connectivity index (χ1n) is 10.6. The molecule has 1 N–H and O–H groups in total. The number of esters is 1. The Morgan fingerprint density at radius 1 is 0.781 bits per heavy atom. The van der Waals surface area contributed by atoms with Gasteiger partial charge in [-0.2, -0.15) is 0 Å². The lowest BCUT2D eigenvalue weighted by atomic mass is 9.88. The number of rotatable bonds is 8. The summed E-state index contributed by atoms with van der Waals surface area (Å²) in [5, 5.41) is 2.68. The van der Waals surface area contributed by atoms with Crippen LogP contribution in [0.5, 0.6) is 5.75 Å². The van der Waals surface area contributed by atoms with Crippen LogP contribution in [0.4, 0.5) is 0 Å². The van der Waals surface area contributed by atoms with E-state index < -0.39 is 11.9 Å². The first-order valence-corrected chi connectivity index (χ1v) is 10.6. The van der Waals surface area contributed by atoms with Crippen LogP contribution >= 0.6 is 0 Å². The van der Waals surface area contributed by atoms with Gasteiger partial charge in [0, 0.05) is 6.54 Å². The molecule has 0 radical (unpaired) electrons. The molecule has 0 bridgehead atoms. The van der Waals surface area contributed by atoms with Gasteiger partial charge in [0.1, 0.15) is 5.75 Å². The monoisotopic (exact) mass is 429 g/mol. The zero-order valence-corrected chi connectivity index (χ0v) is 18.3. The summed E-state index contributed by atoms with van der Waals surface area (Å²) in [4.78, 5) is 23.7. The number of amides is 1. The van der Waals surface area contributed by atoms with E-state index >= 15 is 0 Å². The number of methoxy groups -OCH3 is 1. The van der Waals surface area contributed by atoms with Gasteiger partial charge in [-0.15, -0.1) is 0 Å². The highest BCUT2D eigenvalue weighted by Gasteiger charge is 2.17. The first kappa shape index (κ1) is 22.8. The Labute approximate surface area is 188 Å².